The average molecular weight is 779 g/mol. The first-order valence-electron chi connectivity index (χ1n) is 21.0. The molecule has 11 aromatic carbocycles. The first-order valence-corrected chi connectivity index (χ1v) is 21.0. The Labute approximate surface area is 356 Å². The van der Waals surface area contributed by atoms with E-state index in [1.54, 1.807) is 0 Å². The lowest BCUT2D eigenvalue weighted by atomic mass is 9.83. The van der Waals surface area contributed by atoms with Gasteiger partial charge in [-0.1, -0.05) is 169 Å². The zero-order valence-electron chi connectivity index (χ0n) is 33.9. The number of hydrogen-bond donors (Lipinski definition) is 0. The highest BCUT2D eigenvalue weighted by atomic mass is 15.1. The molecule has 0 spiro atoms. The third kappa shape index (κ3) is 6.46. The number of anilines is 6. The predicted octanol–water partition coefficient (Wildman–Crippen LogP) is 16.9. The second-order valence-corrected chi connectivity index (χ2v) is 15.8. The summed E-state index contributed by atoms with van der Waals surface area (Å²) in [4.78, 5) is 4.75. The van der Waals surface area contributed by atoms with Gasteiger partial charge >= 0.3 is 0 Å². The molecule has 0 saturated heterocycles. The molecular weight excluding hydrogens is 737 g/mol. The van der Waals surface area contributed by atoms with E-state index in [2.05, 4.69) is 253 Å². The number of aryl methyl sites for hydroxylation is 1. The first-order chi connectivity index (χ1) is 30.2. The van der Waals surface area contributed by atoms with Gasteiger partial charge in [0.2, 0.25) is 0 Å². The Morgan fingerprint density at radius 3 is 1.02 bits per heavy atom. The highest BCUT2D eigenvalue weighted by molar-refractivity contribution is 6.26. The normalized spacial score (nSPS) is 11.4. The summed E-state index contributed by atoms with van der Waals surface area (Å²) >= 11 is 0. The summed E-state index contributed by atoms with van der Waals surface area (Å²) < 4.78 is 0. The van der Waals surface area contributed by atoms with Crippen LogP contribution >= 0.6 is 0 Å². The van der Waals surface area contributed by atoms with Crippen LogP contribution in [-0.2, 0) is 0 Å². The Kier molecular flexibility index (Phi) is 9.09. The van der Waals surface area contributed by atoms with Crippen molar-refractivity contribution in [2.75, 3.05) is 9.80 Å². The van der Waals surface area contributed by atoms with Crippen molar-refractivity contribution in [1.29, 1.82) is 0 Å². The van der Waals surface area contributed by atoms with Gasteiger partial charge in [0.25, 0.3) is 0 Å². The van der Waals surface area contributed by atoms with Crippen LogP contribution in [0.15, 0.2) is 237 Å². The van der Waals surface area contributed by atoms with Gasteiger partial charge in [-0.2, -0.15) is 0 Å². The van der Waals surface area contributed by atoms with Crippen molar-refractivity contribution in [1.82, 2.24) is 0 Å². The highest BCUT2D eigenvalue weighted by Gasteiger charge is 2.23. The van der Waals surface area contributed by atoms with E-state index in [1.807, 2.05) is 0 Å². The third-order valence-electron chi connectivity index (χ3n) is 12.1. The number of benzene rings is 11. The summed E-state index contributed by atoms with van der Waals surface area (Å²) in [6, 6.07) is 86.3. The molecule has 0 aromatic heterocycles. The van der Waals surface area contributed by atoms with Crippen molar-refractivity contribution in [2.45, 2.75) is 6.92 Å². The zero-order chi connectivity index (χ0) is 40.7. The third-order valence-corrected chi connectivity index (χ3v) is 12.1. The molecular formula is C59H42N2. The molecule has 2 nitrogen and oxygen atoms in total. The van der Waals surface area contributed by atoms with Crippen molar-refractivity contribution in [3.05, 3.63) is 242 Å². The van der Waals surface area contributed by atoms with E-state index in [1.165, 1.54) is 70.9 Å². The minimum Gasteiger partial charge on any atom is -0.310 e. The van der Waals surface area contributed by atoms with Crippen LogP contribution in [0.1, 0.15) is 5.56 Å². The van der Waals surface area contributed by atoms with Gasteiger partial charge in [0.05, 0.1) is 0 Å². The van der Waals surface area contributed by atoms with Crippen molar-refractivity contribution in [2.24, 2.45) is 0 Å². The minimum atomic E-state index is 1.10. The fraction of sp³-hybridized carbons (Fsp3) is 0.0169. The molecule has 0 aliphatic carbocycles. The van der Waals surface area contributed by atoms with Crippen LogP contribution in [0.2, 0.25) is 0 Å². The summed E-state index contributed by atoms with van der Waals surface area (Å²) in [5.74, 6) is 0. The fourth-order valence-corrected chi connectivity index (χ4v) is 9.27. The van der Waals surface area contributed by atoms with E-state index in [9.17, 15) is 0 Å². The standard InChI is InChI=1S/C59H42N2/c1-41-31-33-47(34-32-41)61(46-25-9-4-10-26-46)49-36-38-55-57(40-49)59(53-30-16-20-43-18-12-14-28-51(43)53)54-37-35-48(60(44-21-5-2-6-22-44)45-23-7-3-8-24-45)39-56(54)58(55)52-29-15-19-42-17-11-13-27-50(42)52/h2-40H,1H3. The largest absolute Gasteiger partial charge is 0.310 e. The van der Waals surface area contributed by atoms with E-state index in [4.69, 9.17) is 0 Å². The zero-order valence-corrected chi connectivity index (χ0v) is 33.9. The van der Waals surface area contributed by atoms with Gasteiger partial charge in [-0.3, -0.25) is 0 Å². The molecule has 0 aliphatic heterocycles. The molecule has 0 bridgehead atoms. The molecule has 11 aromatic rings. The molecule has 0 N–H and O–H groups in total. The van der Waals surface area contributed by atoms with Gasteiger partial charge in [0.15, 0.2) is 0 Å². The van der Waals surface area contributed by atoms with Crippen LogP contribution in [-0.4, -0.2) is 0 Å². The molecule has 0 fully saturated rings. The molecule has 0 atom stereocenters. The van der Waals surface area contributed by atoms with Crippen molar-refractivity contribution in [3.8, 4) is 22.3 Å². The summed E-state index contributed by atoms with van der Waals surface area (Å²) in [7, 11) is 0. The van der Waals surface area contributed by atoms with Crippen molar-refractivity contribution in [3.63, 3.8) is 0 Å². The molecule has 288 valence electrons. The lowest BCUT2D eigenvalue weighted by Gasteiger charge is -2.28. The maximum absolute atomic E-state index is 2.43. The average Bonchev–Trinajstić information content (AvgIpc) is 3.32. The molecule has 61 heavy (non-hydrogen) atoms. The van der Waals surface area contributed by atoms with E-state index >= 15 is 0 Å². The highest BCUT2D eigenvalue weighted by Crippen LogP contribution is 2.50. The number of nitrogens with zero attached hydrogens (tertiary/aromatic N) is 2. The molecule has 0 saturated carbocycles. The van der Waals surface area contributed by atoms with E-state index in [0.29, 0.717) is 0 Å². The second-order valence-electron chi connectivity index (χ2n) is 15.8. The number of para-hydroxylation sites is 3. The van der Waals surface area contributed by atoms with E-state index in [0.717, 1.165) is 34.1 Å². The number of fused-ring (bicyclic) bond motifs is 4. The first kappa shape index (κ1) is 36.2. The number of rotatable bonds is 8. The quantitative estimate of drug-likeness (QED) is 0.142. The van der Waals surface area contributed by atoms with Crippen molar-refractivity contribution < 1.29 is 0 Å². The lowest BCUT2D eigenvalue weighted by Crippen LogP contribution is -2.10. The molecule has 0 aliphatic rings. The Bertz CT molecular complexity index is 3310. The van der Waals surface area contributed by atoms with Gasteiger partial charge in [-0.25, -0.2) is 0 Å². The van der Waals surface area contributed by atoms with Gasteiger partial charge in [-0.05, 0) is 145 Å². The van der Waals surface area contributed by atoms with Crippen LogP contribution < -0.4 is 9.80 Å². The minimum absolute atomic E-state index is 1.10. The predicted molar refractivity (Wildman–Crippen MR) is 261 cm³/mol. The van der Waals surface area contributed by atoms with Crippen LogP contribution in [0.25, 0.3) is 65.3 Å². The van der Waals surface area contributed by atoms with E-state index in [-0.39, 0.29) is 0 Å². The summed E-state index contributed by atoms with van der Waals surface area (Å²) in [5.41, 5.74) is 12.8. The molecule has 0 heterocycles. The van der Waals surface area contributed by atoms with E-state index < -0.39 is 0 Å². The molecule has 0 unspecified atom stereocenters. The summed E-state index contributed by atoms with van der Waals surface area (Å²) in [6.45, 7) is 2.15. The van der Waals surface area contributed by atoms with Gasteiger partial charge in [0.1, 0.15) is 0 Å². The molecule has 11 rings (SSSR count). The van der Waals surface area contributed by atoms with Crippen LogP contribution in [0.4, 0.5) is 34.1 Å². The Morgan fingerprint density at radius 1 is 0.246 bits per heavy atom. The monoisotopic (exact) mass is 778 g/mol. The van der Waals surface area contributed by atoms with Crippen molar-refractivity contribution >= 4 is 77.2 Å². The Balaban J connectivity index is 1.30. The topological polar surface area (TPSA) is 6.48 Å². The lowest BCUT2D eigenvalue weighted by molar-refractivity contribution is 1.28. The maximum Gasteiger partial charge on any atom is 0.0468 e. The Morgan fingerprint density at radius 2 is 0.590 bits per heavy atom. The van der Waals surface area contributed by atoms with Crippen LogP contribution in [0, 0.1) is 6.92 Å². The molecule has 0 radical (unpaired) electrons. The number of hydrogen-bond acceptors (Lipinski definition) is 2. The fourth-order valence-electron chi connectivity index (χ4n) is 9.27. The maximum atomic E-state index is 2.43. The second kappa shape index (κ2) is 15.3. The van der Waals surface area contributed by atoms with Gasteiger partial charge < -0.3 is 9.80 Å². The molecule has 2 heteroatoms. The van der Waals surface area contributed by atoms with Gasteiger partial charge in [0, 0.05) is 34.1 Å². The van der Waals surface area contributed by atoms with Crippen LogP contribution in [0.3, 0.4) is 0 Å². The summed E-state index contributed by atoms with van der Waals surface area (Å²) in [6.07, 6.45) is 0. The van der Waals surface area contributed by atoms with Crippen LogP contribution in [0.5, 0.6) is 0 Å². The summed E-state index contributed by atoms with van der Waals surface area (Å²) in [5, 5.41) is 9.71. The van der Waals surface area contributed by atoms with Gasteiger partial charge in [-0.15, -0.1) is 0 Å². The Hall–Kier alpha value is -7.94. The SMILES string of the molecule is Cc1ccc(N(c2ccccc2)c2ccc3c(-c4cccc5ccccc45)c4cc(N(c5ccccc5)c5ccccc5)ccc4c(-c4cccc5ccccc45)c3c2)cc1. The molecule has 0 amide bonds. The smallest absolute Gasteiger partial charge is 0.0468 e.